The Morgan fingerprint density at radius 3 is 2.36 bits per heavy atom. The van der Waals surface area contributed by atoms with Crippen molar-refractivity contribution in [3.63, 3.8) is 0 Å². The predicted molar refractivity (Wildman–Crippen MR) is 40.1 cm³/mol. The van der Waals surface area contributed by atoms with Crippen LogP contribution in [0.15, 0.2) is 0 Å². The van der Waals surface area contributed by atoms with Crippen LogP contribution in [0.5, 0.6) is 0 Å². The van der Waals surface area contributed by atoms with Gasteiger partial charge in [-0.3, -0.25) is 4.79 Å². The van der Waals surface area contributed by atoms with Crippen LogP contribution in [0.1, 0.15) is 13.3 Å². The molecule has 4 nitrogen and oxygen atoms in total. The van der Waals surface area contributed by atoms with Crippen molar-refractivity contribution in [2.45, 2.75) is 19.6 Å². The molecule has 64 valence electrons. The summed E-state index contributed by atoms with van der Waals surface area (Å²) in [6, 6.07) is 0. The van der Waals surface area contributed by atoms with E-state index in [1.165, 1.54) is 11.9 Å². The maximum absolute atomic E-state index is 11.0. The number of aliphatic hydroxyl groups excluding tert-OH is 1. The van der Waals surface area contributed by atoms with Crippen LogP contribution >= 0.6 is 0 Å². The lowest BCUT2D eigenvalue weighted by Gasteiger charge is -2.33. The molecule has 0 aromatic carbocycles. The minimum Gasteiger partial charge on any atom is -0.369 e. The van der Waals surface area contributed by atoms with E-state index >= 15 is 0 Å². The van der Waals surface area contributed by atoms with Crippen molar-refractivity contribution in [2.24, 2.45) is 0 Å². The first-order chi connectivity index (χ1) is 4.95. The van der Waals surface area contributed by atoms with Gasteiger partial charge in [-0.05, 0) is 0 Å². The monoisotopic (exact) mass is 159 g/mol. The highest BCUT2D eigenvalue weighted by molar-refractivity contribution is 5.72. The Bertz CT molecular complexity index is 179. The van der Waals surface area contributed by atoms with Crippen molar-refractivity contribution in [2.75, 3.05) is 20.6 Å². The molecule has 1 N–H and O–H groups in total. The molecular weight excluding hydrogens is 144 g/mol. The maximum Gasteiger partial charge on any atom is 0.267 e. The van der Waals surface area contributed by atoms with Crippen LogP contribution in [0.25, 0.3) is 0 Å². The molecule has 1 amide bonds. The fraction of sp³-hybridized carbons (Fsp3) is 0.857. The Kier molecular flexibility index (Phi) is 1.90. The van der Waals surface area contributed by atoms with Gasteiger partial charge >= 0.3 is 0 Å². The summed E-state index contributed by atoms with van der Waals surface area (Å²) in [7, 11) is 3.83. The van der Waals surface area contributed by atoms with E-state index in [1.54, 1.807) is 0 Å². The van der Waals surface area contributed by atoms with Crippen LogP contribution in [-0.2, 0) is 4.79 Å². The van der Waals surface area contributed by atoms with Crippen LogP contribution in [0.3, 0.4) is 0 Å². The first-order valence-electron chi connectivity index (χ1n) is 3.76. The Morgan fingerprint density at radius 1 is 1.64 bits per heavy atom. The molecule has 0 aromatic rings. The lowest BCUT2D eigenvalue weighted by Crippen LogP contribution is -2.54. The van der Waals surface area contributed by atoms with Crippen LogP contribution < -0.4 is 0 Å². The number of rotatable bonds is 0. The lowest BCUT2D eigenvalue weighted by atomic mass is 10.4. The summed E-state index contributed by atoms with van der Waals surface area (Å²) >= 11 is 0. The number of carbonyl (C=O) groups is 1. The van der Waals surface area contributed by atoms with Crippen LogP contribution in [0, 0.1) is 0 Å². The SMILES string of the molecule is CC(=O)N1[C@@H](O)CC[N+]1(C)C. The lowest BCUT2D eigenvalue weighted by molar-refractivity contribution is -0.981. The Morgan fingerprint density at radius 2 is 2.18 bits per heavy atom. The third-order valence-corrected chi connectivity index (χ3v) is 2.12. The zero-order chi connectivity index (χ0) is 8.65. The summed E-state index contributed by atoms with van der Waals surface area (Å²) in [5.41, 5.74) is 0. The van der Waals surface area contributed by atoms with Gasteiger partial charge in [-0.25, -0.2) is 4.59 Å². The summed E-state index contributed by atoms with van der Waals surface area (Å²) in [5.74, 6) is -0.0694. The molecule has 1 fully saturated rings. The van der Waals surface area contributed by atoms with Gasteiger partial charge < -0.3 is 5.11 Å². The first kappa shape index (κ1) is 8.49. The zero-order valence-electron chi connectivity index (χ0n) is 7.24. The number of carbonyl (C=O) groups excluding carboxylic acids is 1. The largest absolute Gasteiger partial charge is 0.369 e. The van der Waals surface area contributed by atoms with E-state index in [9.17, 15) is 9.90 Å². The van der Waals surface area contributed by atoms with Gasteiger partial charge in [0.15, 0.2) is 6.23 Å². The minimum absolute atomic E-state index is 0.0694. The second-order valence-electron chi connectivity index (χ2n) is 3.48. The van der Waals surface area contributed by atoms with Crippen molar-refractivity contribution in [1.82, 2.24) is 5.01 Å². The fourth-order valence-corrected chi connectivity index (χ4v) is 1.61. The van der Waals surface area contributed by atoms with Crippen molar-refractivity contribution in [1.29, 1.82) is 0 Å². The molecule has 11 heavy (non-hydrogen) atoms. The van der Waals surface area contributed by atoms with E-state index in [0.29, 0.717) is 11.0 Å². The predicted octanol–water partition coefficient (Wildman–Crippen LogP) is -0.452. The zero-order valence-corrected chi connectivity index (χ0v) is 7.24. The summed E-state index contributed by atoms with van der Waals surface area (Å²) in [6.07, 6.45) is 0.0783. The minimum atomic E-state index is -0.595. The van der Waals surface area contributed by atoms with E-state index in [2.05, 4.69) is 0 Å². The van der Waals surface area contributed by atoms with E-state index in [-0.39, 0.29) is 5.91 Å². The van der Waals surface area contributed by atoms with E-state index < -0.39 is 6.23 Å². The first-order valence-corrected chi connectivity index (χ1v) is 3.76. The van der Waals surface area contributed by atoms with Crippen LogP contribution in [0.4, 0.5) is 0 Å². The fourth-order valence-electron chi connectivity index (χ4n) is 1.61. The Balaban J connectivity index is 2.80. The molecule has 1 saturated heterocycles. The van der Waals surface area contributed by atoms with Crippen molar-refractivity contribution in [3.05, 3.63) is 0 Å². The summed E-state index contributed by atoms with van der Waals surface area (Å²) in [6.45, 7) is 2.30. The molecule has 0 spiro atoms. The number of hydrogen-bond donors (Lipinski definition) is 1. The molecule has 0 unspecified atom stereocenters. The highest BCUT2D eigenvalue weighted by Gasteiger charge is 2.41. The van der Waals surface area contributed by atoms with Crippen molar-refractivity contribution < 1.29 is 14.5 Å². The van der Waals surface area contributed by atoms with Gasteiger partial charge in [0.05, 0.1) is 14.1 Å². The molecule has 1 rings (SSSR count). The highest BCUT2D eigenvalue weighted by atomic mass is 16.3. The van der Waals surface area contributed by atoms with Crippen LogP contribution in [-0.4, -0.2) is 47.5 Å². The van der Waals surface area contributed by atoms with E-state index in [1.807, 2.05) is 14.1 Å². The molecule has 1 heterocycles. The van der Waals surface area contributed by atoms with Crippen molar-refractivity contribution >= 4 is 5.91 Å². The van der Waals surface area contributed by atoms with Gasteiger partial charge in [0.25, 0.3) is 5.91 Å². The summed E-state index contributed by atoms with van der Waals surface area (Å²) in [4.78, 5) is 11.0. The Hall–Kier alpha value is -0.610. The molecule has 0 saturated carbocycles. The number of aliphatic hydroxyl groups is 1. The van der Waals surface area contributed by atoms with E-state index in [0.717, 1.165) is 6.54 Å². The average Bonchev–Trinajstić information content (AvgIpc) is 2.06. The average molecular weight is 159 g/mol. The molecule has 1 aliphatic rings. The molecular formula is C7H15N2O2+. The number of hydrogen-bond acceptors (Lipinski definition) is 2. The van der Waals surface area contributed by atoms with Gasteiger partial charge in [-0.1, -0.05) is 0 Å². The number of quaternary nitrogens is 1. The maximum atomic E-state index is 11.0. The summed E-state index contributed by atoms with van der Waals surface area (Å²) < 4.78 is 0.469. The molecule has 0 aromatic heterocycles. The van der Waals surface area contributed by atoms with Gasteiger partial charge in [-0.2, -0.15) is 5.01 Å². The second kappa shape index (κ2) is 2.46. The molecule has 0 aliphatic carbocycles. The normalized spacial score (nSPS) is 29.1. The summed E-state index contributed by atoms with van der Waals surface area (Å²) in [5, 5.41) is 10.9. The van der Waals surface area contributed by atoms with Crippen LogP contribution in [0.2, 0.25) is 0 Å². The number of nitrogens with zero attached hydrogens (tertiary/aromatic N) is 2. The molecule has 4 heteroatoms. The van der Waals surface area contributed by atoms with Gasteiger partial charge in [0, 0.05) is 13.3 Å². The highest BCUT2D eigenvalue weighted by Crippen LogP contribution is 2.20. The second-order valence-corrected chi connectivity index (χ2v) is 3.48. The number of amides is 1. The standard InChI is InChI=1S/C7H15N2O2/c1-6(10)8-7(11)4-5-9(8,2)3/h7,11H,4-5H2,1-3H3/q+1/t7-/m0/s1. The quantitative estimate of drug-likeness (QED) is 0.486. The topological polar surface area (TPSA) is 40.5 Å². The Labute approximate surface area is 66.6 Å². The molecule has 0 bridgehead atoms. The third kappa shape index (κ3) is 1.36. The van der Waals surface area contributed by atoms with Gasteiger partial charge in [0.1, 0.15) is 6.54 Å². The van der Waals surface area contributed by atoms with Gasteiger partial charge in [-0.15, -0.1) is 0 Å². The molecule has 1 atom stereocenters. The third-order valence-electron chi connectivity index (χ3n) is 2.12. The molecule has 1 aliphatic heterocycles. The van der Waals surface area contributed by atoms with E-state index in [4.69, 9.17) is 0 Å². The van der Waals surface area contributed by atoms with Gasteiger partial charge in [0.2, 0.25) is 0 Å². The molecule has 0 radical (unpaired) electrons. The van der Waals surface area contributed by atoms with Crippen molar-refractivity contribution in [3.8, 4) is 0 Å². The smallest absolute Gasteiger partial charge is 0.267 e.